The van der Waals surface area contributed by atoms with Crippen LogP contribution in [0.25, 0.3) is 0 Å². The number of hydrogen-bond acceptors (Lipinski definition) is 5. The van der Waals surface area contributed by atoms with Gasteiger partial charge >= 0.3 is 5.97 Å². The maximum absolute atomic E-state index is 12.6. The molecule has 0 aliphatic rings. The van der Waals surface area contributed by atoms with E-state index in [-0.39, 0.29) is 22.1 Å². The average Bonchev–Trinajstić information content (AvgIpc) is 2.62. The molecule has 0 aromatic heterocycles. The van der Waals surface area contributed by atoms with Crippen LogP contribution in [0.15, 0.2) is 53.4 Å². The van der Waals surface area contributed by atoms with Crippen molar-refractivity contribution in [1.82, 2.24) is 4.31 Å². The molecule has 0 bridgehead atoms. The lowest BCUT2D eigenvalue weighted by molar-refractivity contribution is -0.114. The van der Waals surface area contributed by atoms with Gasteiger partial charge in [0.1, 0.15) is 5.75 Å². The van der Waals surface area contributed by atoms with Gasteiger partial charge in [0.25, 0.3) is 0 Å². The molecule has 0 saturated heterocycles. The lowest BCUT2D eigenvalue weighted by Crippen LogP contribution is -2.30. The van der Waals surface area contributed by atoms with Crippen LogP contribution < -0.4 is 10.1 Å². The van der Waals surface area contributed by atoms with E-state index in [4.69, 9.17) is 4.74 Å². The van der Waals surface area contributed by atoms with E-state index in [9.17, 15) is 18.0 Å². The molecule has 2 aromatic carbocycles. The number of nitrogens with one attached hydrogen (secondary N) is 1. The van der Waals surface area contributed by atoms with Crippen LogP contribution in [-0.4, -0.2) is 37.7 Å². The lowest BCUT2D eigenvalue weighted by Gasteiger charge is -2.18. The van der Waals surface area contributed by atoms with Crippen LogP contribution in [0.2, 0.25) is 0 Å². The summed E-state index contributed by atoms with van der Waals surface area (Å²) in [5.74, 6) is -0.692. The smallest absolute Gasteiger partial charge is 0.343 e. The third-order valence-corrected chi connectivity index (χ3v) is 5.82. The quantitative estimate of drug-likeness (QED) is 0.580. The first-order chi connectivity index (χ1) is 12.8. The zero-order valence-electron chi connectivity index (χ0n) is 15.4. The van der Waals surface area contributed by atoms with Gasteiger partial charge in [0.05, 0.1) is 10.5 Å². The molecule has 1 amide bonds. The van der Waals surface area contributed by atoms with Crippen LogP contribution in [0, 0.1) is 0 Å². The molecule has 0 saturated carbocycles. The zero-order valence-corrected chi connectivity index (χ0v) is 16.2. The Labute approximate surface area is 159 Å². The van der Waals surface area contributed by atoms with Gasteiger partial charge in [-0.2, -0.15) is 4.31 Å². The highest BCUT2D eigenvalue weighted by Crippen LogP contribution is 2.21. The summed E-state index contributed by atoms with van der Waals surface area (Å²) < 4.78 is 31.8. The topological polar surface area (TPSA) is 92.8 Å². The number of carbonyl (C=O) groups excluding carboxylic acids is 2. The van der Waals surface area contributed by atoms with E-state index in [2.05, 4.69) is 5.32 Å². The van der Waals surface area contributed by atoms with E-state index in [1.807, 2.05) is 0 Å². The fourth-order valence-electron chi connectivity index (χ4n) is 2.50. The molecule has 0 aliphatic heterocycles. The van der Waals surface area contributed by atoms with E-state index in [1.54, 1.807) is 32.0 Å². The van der Waals surface area contributed by atoms with E-state index in [0.29, 0.717) is 18.8 Å². The van der Waals surface area contributed by atoms with Crippen LogP contribution in [0.4, 0.5) is 5.69 Å². The Kier molecular flexibility index (Phi) is 6.70. The van der Waals surface area contributed by atoms with Crippen molar-refractivity contribution in [3.8, 4) is 5.75 Å². The van der Waals surface area contributed by atoms with E-state index in [0.717, 1.165) is 0 Å². The average molecular weight is 390 g/mol. The monoisotopic (exact) mass is 390 g/mol. The Morgan fingerprint density at radius 2 is 1.70 bits per heavy atom. The summed E-state index contributed by atoms with van der Waals surface area (Å²) in [6, 6.07) is 12.1. The zero-order chi connectivity index (χ0) is 20.0. The van der Waals surface area contributed by atoms with Crippen molar-refractivity contribution in [2.24, 2.45) is 0 Å². The van der Waals surface area contributed by atoms with Crippen LogP contribution in [0.3, 0.4) is 0 Å². The number of hydrogen-bond donors (Lipinski definition) is 1. The van der Waals surface area contributed by atoms with Gasteiger partial charge in [-0.15, -0.1) is 0 Å². The van der Waals surface area contributed by atoms with Crippen molar-refractivity contribution in [3.05, 3.63) is 54.1 Å². The van der Waals surface area contributed by atoms with Gasteiger partial charge in [-0.1, -0.05) is 26.0 Å². The number of ether oxygens (including phenoxy) is 1. The maximum Gasteiger partial charge on any atom is 0.343 e. The molecule has 0 fully saturated rings. The molecule has 2 rings (SSSR count). The second-order valence-corrected chi connectivity index (χ2v) is 7.65. The minimum atomic E-state index is -3.67. The maximum atomic E-state index is 12.6. The largest absolute Gasteiger partial charge is 0.423 e. The van der Waals surface area contributed by atoms with E-state index in [1.165, 1.54) is 41.6 Å². The molecule has 1 N–H and O–H groups in total. The summed E-state index contributed by atoms with van der Waals surface area (Å²) in [5.41, 5.74) is 0.610. The van der Waals surface area contributed by atoms with Gasteiger partial charge in [-0.3, -0.25) is 4.79 Å². The number of anilines is 1. The first-order valence-electron chi connectivity index (χ1n) is 8.48. The van der Waals surface area contributed by atoms with Crippen molar-refractivity contribution in [2.45, 2.75) is 25.7 Å². The highest BCUT2D eigenvalue weighted by molar-refractivity contribution is 7.89. The third-order valence-electron chi connectivity index (χ3n) is 3.78. The number of benzene rings is 2. The van der Waals surface area contributed by atoms with Crippen LogP contribution >= 0.6 is 0 Å². The van der Waals surface area contributed by atoms with Crippen molar-refractivity contribution in [3.63, 3.8) is 0 Å². The number of amides is 1. The molecule has 0 unspecified atom stereocenters. The van der Waals surface area contributed by atoms with Crippen LogP contribution in [0.5, 0.6) is 5.75 Å². The minimum Gasteiger partial charge on any atom is -0.423 e. The summed E-state index contributed by atoms with van der Waals surface area (Å²) in [6.45, 7) is 5.55. The van der Waals surface area contributed by atoms with Crippen molar-refractivity contribution in [1.29, 1.82) is 0 Å². The van der Waals surface area contributed by atoms with Gasteiger partial charge in [0, 0.05) is 31.8 Å². The van der Waals surface area contributed by atoms with Crippen LogP contribution in [0.1, 0.15) is 31.1 Å². The number of carbonyl (C=O) groups is 2. The molecule has 0 atom stereocenters. The summed E-state index contributed by atoms with van der Waals surface area (Å²) >= 11 is 0. The highest BCUT2D eigenvalue weighted by atomic mass is 32.2. The third kappa shape index (κ3) is 5.15. The van der Waals surface area contributed by atoms with Crippen molar-refractivity contribution < 1.29 is 22.7 Å². The Bertz CT molecular complexity index is 937. The molecule has 0 spiro atoms. The predicted octanol–water partition coefficient (Wildman–Crippen LogP) is 2.89. The molecule has 8 heteroatoms. The standard InChI is InChI=1S/C19H22N2O5S/c1-4-21(5-2)27(24,25)18-11-6-8-15(12-18)19(23)26-17-10-7-9-16(13-17)20-14(3)22/h6-13H,4-5H2,1-3H3,(H,20,22). The Balaban J connectivity index is 2.24. The molecule has 144 valence electrons. The number of esters is 1. The number of rotatable bonds is 7. The van der Waals surface area contributed by atoms with Gasteiger partial charge in [0.15, 0.2) is 0 Å². The van der Waals surface area contributed by atoms with Crippen molar-refractivity contribution >= 4 is 27.6 Å². The molecule has 2 aromatic rings. The fraction of sp³-hybridized carbons (Fsp3) is 0.263. The normalized spacial score (nSPS) is 11.3. The SMILES string of the molecule is CCN(CC)S(=O)(=O)c1cccc(C(=O)Oc2cccc(NC(C)=O)c2)c1. The van der Waals surface area contributed by atoms with E-state index < -0.39 is 16.0 Å². The molecule has 0 heterocycles. The molecule has 0 aliphatic carbocycles. The van der Waals surface area contributed by atoms with Gasteiger partial charge in [0.2, 0.25) is 15.9 Å². The minimum absolute atomic E-state index is 0.0349. The number of sulfonamides is 1. The van der Waals surface area contributed by atoms with Crippen molar-refractivity contribution in [2.75, 3.05) is 18.4 Å². The first kappa shape index (κ1) is 20.6. The fourth-order valence-corrected chi connectivity index (χ4v) is 4.01. The van der Waals surface area contributed by atoms with Gasteiger partial charge in [-0.25, -0.2) is 13.2 Å². The molecule has 27 heavy (non-hydrogen) atoms. The molecular formula is C19H22N2O5S. The molecule has 7 nitrogen and oxygen atoms in total. The van der Waals surface area contributed by atoms with Gasteiger partial charge in [-0.05, 0) is 30.3 Å². The summed E-state index contributed by atoms with van der Waals surface area (Å²) in [4.78, 5) is 23.6. The highest BCUT2D eigenvalue weighted by Gasteiger charge is 2.23. The predicted molar refractivity (Wildman–Crippen MR) is 102 cm³/mol. The van der Waals surface area contributed by atoms with Crippen LogP contribution in [-0.2, 0) is 14.8 Å². The molecule has 0 radical (unpaired) electrons. The summed E-state index contributed by atoms with van der Waals surface area (Å²) in [5, 5.41) is 2.60. The Hall–Kier alpha value is -2.71. The lowest BCUT2D eigenvalue weighted by atomic mass is 10.2. The second-order valence-electron chi connectivity index (χ2n) is 5.72. The molecular weight excluding hydrogens is 368 g/mol. The number of nitrogens with zero attached hydrogens (tertiary/aromatic N) is 1. The van der Waals surface area contributed by atoms with Gasteiger partial charge < -0.3 is 10.1 Å². The Morgan fingerprint density at radius 1 is 1.04 bits per heavy atom. The second kappa shape index (κ2) is 8.79. The summed E-state index contributed by atoms with van der Waals surface area (Å²) in [7, 11) is -3.67. The summed E-state index contributed by atoms with van der Waals surface area (Å²) in [6.07, 6.45) is 0. The first-order valence-corrected chi connectivity index (χ1v) is 9.92. The Morgan fingerprint density at radius 3 is 2.33 bits per heavy atom. The van der Waals surface area contributed by atoms with E-state index >= 15 is 0 Å².